The fraction of sp³-hybridized carbons (Fsp3) is 0.706. The van der Waals surface area contributed by atoms with Crippen LogP contribution >= 0.6 is 11.6 Å². The fourth-order valence-corrected chi connectivity index (χ4v) is 4.21. The molecule has 5 heterocycles. The Hall–Kier alpha value is -1.56. The molecule has 0 bridgehead atoms. The van der Waals surface area contributed by atoms with Crippen molar-refractivity contribution in [3.8, 4) is 0 Å². The molecular formula is C17H22ClN5O5. The first-order valence-electron chi connectivity index (χ1n) is 9.31. The van der Waals surface area contributed by atoms with Gasteiger partial charge in [0.2, 0.25) is 5.28 Å². The number of aliphatic hydroxyl groups is 1. The summed E-state index contributed by atoms with van der Waals surface area (Å²) in [6.07, 6.45) is 0.674. The Bertz CT molecular complexity index is 886. The molecule has 3 aliphatic heterocycles. The van der Waals surface area contributed by atoms with Gasteiger partial charge in [-0.15, -0.1) is 0 Å². The van der Waals surface area contributed by atoms with E-state index < -0.39 is 24.2 Å². The Morgan fingerprint density at radius 2 is 2.14 bits per heavy atom. The summed E-state index contributed by atoms with van der Waals surface area (Å²) in [5.41, 5.74) is 1.11. The lowest BCUT2D eigenvalue weighted by atomic mass is 10.1. The Labute approximate surface area is 166 Å². The first-order chi connectivity index (χ1) is 13.4. The Balaban J connectivity index is 1.52. The predicted octanol–water partition coefficient (Wildman–Crippen LogP) is 1.09. The fourth-order valence-electron chi connectivity index (χ4n) is 4.05. The zero-order valence-electron chi connectivity index (χ0n) is 15.5. The summed E-state index contributed by atoms with van der Waals surface area (Å²) < 4.78 is 25.2. The molecule has 0 amide bonds. The van der Waals surface area contributed by atoms with Gasteiger partial charge in [-0.05, 0) is 31.9 Å². The van der Waals surface area contributed by atoms with Crippen LogP contribution in [0, 0.1) is 0 Å². The van der Waals surface area contributed by atoms with Crippen LogP contribution in [0.1, 0.15) is 26.5 Å². The molecule has 0 aliphatic carbocycles. The number of imidazole rings is 1. The number of aliphatic hydroxyl groups excluding tert-OH is 1. The number of halogens is 1. The van der Waals surface area contributed by atoms with Crippen molar-refractivity contribution in [1.29, 1.82) is 0 Å². The second-order valence-electron chi connectivity index (χ2n) is 7.68. The molecular weight excluding hydrogens is 390 g/mol. The molecule has 0 spiro atoms. The first kappa shape index (κ1) is 18.5. The van der Waals surface area contributed by atoms with Crippen molar-refractivity contribution in [3.05, 3.63) is 11.6 Å². The van der Waals surface area contributed by atoms with Crippen molar-refractivity contribution in [3.63, 3.8) is 0 Å². The molecule has 0 aromatic carbocycles. The van der Waals surface area contributed by atoms with Crippen LogP contribution in [0.15, 0.2) is 6.33 Å². The van der Waals surface area contributed by atoms with Gasteiger partial charge in [0, 0.05) is 6.61 Å². The lowest BCUT2D eigenvalue weighted by molar-refractivity contribution is -0.199. The normalized spacial score (nSPS) is 34.2. The predicted molar refractivity (Wildman–Crippen MR) is 98.0 cm³/mol. The van der Waals surface area contributed by atoms with Crippen LogP contribution in [-0.4, -0.2) is 74.6 Å². The van der Waals surface area contributed by atoms with E-state index in [1.165, 1.54) is 0 Å². The zero-order chi connectivity index (χ0) is 19.5. The third-order valence-corrected chi connectivity index (χ3v) is 5.41. The van der Waals surface area contributed by atoms with Crippen LogP contribution in [0.5, 0.6) is 0 Å². The maximum atomic E-state index is 9.71. The minimum absolute atomic E-state index is 0.104. The van der Waals surface area contributed by atoms with E-state index in [-0.39, 0.29) is 24.0 Å². The number of nitrogens with zero attached hydrogens (tertiary/aromatic N) is 4. The molecule has 0 unspecified atom stereocenters. The Morgan fingerprint density at radius 3 is 2.89 bits per heavy atom. The van der Waals surface area contributed by atoms with E-state index >= 15 is 0 Å². The molecule has 152 valence electrons. The number of aromatic nitrogens is 4. The summed E-state index contributed by atoms with van der Waals surface area (Å²) in [5, 5.41) is 13.1. The van der Waals surface area contributed by atoms with Gasteiger partial charge in [0.05, 0.1) is 25.6 Å². The van der Waals surface area contributed by atoms with Gasteiger partial charge in [-0.2, -0.15) is 9.97 Å². The molecule has 11 heteroatoms. The number of hydrogen-bond donors (Lipinski definition) is 2. The van der Waals surface area contributed by atoms with Crippen molar-refractivity contribution >= 4 is 28.6 Å². The van der Waals surface area contributed by atoms with Crippen LogP contribution in [-0.2, 0) is 18.9 Å². The lowest BCUT2D eigenvalue weighted by Crippen LogP contribution is -2.31. The quantitative estimate of drug-likeness (QED) is 0.713. The number of nitrogens with one attached hydrogen (secondary N) is 1. The van der Waals surface area contributed by atoms with Crippen LogP contribution in [0.3, 0.4) is 0 Å². The molecule has 3 fully saturated rings. The first-order valence-corrected chi connectivity index (χ1v) is 9.69. The summed E-state index contributed by atoms with van der Waals surface area (Å²) in [6.45, 7) is 4.83. The molecule has 3 saturated heterocycles. The van der Waals surface area contributed by atoms with Gasteiger partial charge >= 0.3 is 0 Å². The van der Waals surface area contributed by atoms with Gasteiger partial charge < -0.3 is 29.4 Å². The van der Waals surface area contributed by atoms with Crippen LogP contribution in [0.4, 0.5) is 5.82 Å². The number of hydrogen-bond acceptors (Lipinski definition) is 9. The van der Waals surface area contributed by atoms with Gasteiger partial charge in [0.1, 0.15) is 18.3 Å². The van der Waals surface area contributed by atoms with E-state index in [9.17, 15) is 5.11 Å². The second-order valence-corrected chi connectivity index (χ2v) is 8.02. The maximum Gasteiger partial charge on any atom is 0.226 e. The molecule has 28 heavy (non-hydrogen) atoms. The number of ether oxygens (including phenoxy) is 4. The molecule has 2 N–H and O–H groups in total. The van der Waals surface area contributed by atoms with Gasteiger partial charge in [-0.25, -0.2) is 4.98 Å². The highest BCUT2D eigenvalue weighted by Crippen LogP contribution is 2.43. The topological polar surface area (TPSA) is 113 Å². The van der Waals surface area contributed by atoms with Gasteiger partial charge in [0.25, 0.3) is 0 Å². The van der Waals surface area contributed by atoms with E-state index in [0.29, 0.717) is 30.2 Å². The zero-order valence-corrected chi connectivity index (χ0v) is 16.3. The molecule has 10 nitrogen and oxygen atoms in total. The van der Waals surface area contributed by atoms with E-state index in [1.54, 1.807) is 10.9 Å². The minimum atomic E-state index is -0.761. The van der Waals surface area contributed by atoms with Gasteiger partial charge in [-0.3, -0.25) is 4.57 Å². The number of rotatable bonds is 4. The monoisotopic (exact) mass is 411 g/mol. The number of fused-ring (bicyclic) bond motifs is 2. The summed E-state index contributed by atoms with van der Waals surface area (Å²) in [6, 6.07) is 0.151. The highest BCUT2D eigenvalue weighted by molar-refractivity contribution is 6.28. The van der Waals surface area contributed by atoms with Crippen molar-refractivity contribution in [2.45, 2.75) is 56.6 Å². The second kappa shape index (κ2) is 6.75. The molecule has 0 saturated carbocycles. The van der Waals surface area contributed by atoms with Gasteiger partial charge in [0.15, 0.2) is 29.0 Å². The lowest BCUT2D eigenvalue weighted by Gasteiger charge is -2.24. The van der Waals surface area contributed by atoms with Crippen LogP contribution in [0.2, 0.25) is 5.28 Å². The highest BCUT2D eigenvalue weighted by atomic mass is 35.5. The molecule has 5 rings (SSSR count). The Morgan fingerprint density at radius 1 is 1.32 bits per heavy atom. The average molecular weight is 412 g/mol. The molecule has 5 atom stereocenters. The molecule has 0 radical (unpaired) electrons. The van der Waals surface area contributed by atoms with E-state index in [2.05, 4.69) is 20.3 Å². The van der Waals surface area contributed by atoms with E-state index in [4.69, 9.17) is 30.5 Å². The highest BCUT2D eigenvalue weighted by Gasteiger charge is 2.56. The smallest absolute Gasteiger partial charge is 0.226 e. The summed E-state index contributed by atoms with van der Waals surface area (Å²) in [7, 11) is 0. The average Bonchev–Trinajstić information content (AvgIpc) is 3.38. The SMILES string of the molecule is CC1(C)O[C@@H]2[C@H](O1)[C@@H](CO)O[C@H]2n1cnc2c(N[C@@H]3CCOC3)nc(Cl)nc21. The largest absolute Gasteiger partial charge is 0.394 e. The summed E-state index contributed by atoms with van der Waals surface area (Å²) in [5.74, 6) is -0.204. The Kier molecular flexibility index (Phi) is 4.45. The van der Waals surface area contributed by atoms with Crippen LogP contribution < -0.4 is 5.32 Å². The minimum Gasteiger partial charge on any atom is -0.394 e. The third kappa shape index (κ3) is 3.04. The van der Waals surface area contributed by atoms with Crippen LogP contribution in [0.25, 0.3) is 11.2 Å². The van der Waals surface area contributed by atoms with E-state index in [0.717, 1.165) is 6.42 Å². The molecule has 2 aromatic heterocycles. The van der Waals surface area contributed by atoms with Crippen molar-refractivity contribution in [1.82, 2.24) is 19.5 Å². The molecule has 3 aliphatic rings. The van der Waals surface area contributed by atoms with Crippen molar-refractivity contribution in [2.24, 2.45) is 0 Å². The van der Waals surface area contributed by atoms with Gasteiger partial charge in [-0.1, -0.05) is 0 Å². The maximum absolute atomic E-state index is 9.71. The molecule has 2 aromatic rings. The summed E-state index contributed by atoms with van der Waals surface area (Å²) >= 11 is 6.19. The third-order valence-electron chi connectivity index (χ3n) is 5.24. The van der Waals surface area contributed by atoms with E-state index in [1.807, 2.05) is 13.8 Å². The number of anilines is 1. The van der Waals surface area contributed by atoms with Crippen molar-refractivity contribution in [2.75, 3.05) is 25.1 Å². The van der Waals surface area contributed by atoms with Crippen molar-refractivity contribution < 1.29 is 24.1 Å². The summed E-state index contributed by atoms with van der Waals surface area (Å²) in [4.78, 5) is 13.1. The standard InChI is InChI=1S/C17H22ClN5O5/c1-17(2)27-11-9(5-24)26-15(12(11)28-17)23-7-19-10-13(20-8-3-4-25-6-8)21-16(18)22-14(10)23/h7-9,11-12,15,24H,3-6H2,1-2H3,(H,20,21,22)/t8-,9-,11-,12-,15-/m1/s1.